The number of nitrogens with zero attached hydrogens (tertiary/aromatic N) is 2. The molecule has 0 saturated heterocycles. The first-order chi connectivity index (χ1) is 13.0. The first kappa shape index (κ1) is 21.0. The van der Waals surface area contributed by atoms with Crippen molar-refractivity contribution in [1.82, 2.24) is 4.90 Å². The Kier molecular flexibility index (Phi) is 5.67. The Labute approximate surface area is 175 Å². The Hall–Kier alpha value is -1.76. The molecule has 0 fully saturated rings. The van der Waals surface area contributed by atoms with E-state index in [1.165, 1.54) is 10.6 Å². The van der Waals surface area contributed by atoms with Crippen LogP contribution in [0.15, 0.2) is 36.4 Å². The van der Waals surface area contributed by atoms with Gasteiger partial charge < -0.3 is 4.90 Å². The molecule has 150 valence electrons. The average molecular weight is 441 g/mol. The van der Waals surface area contributed by atoms with E-state index in [4.69, 9.17) is 23.2 Å². The molecule has 28 heavy (non-hydrogen) atoms. The van der Waals surface area contributed by atoms with Gasteiger partial charge in [-0.3, -0.25) is 9.10 Å². The zero-order chi connectivity index (χ0) is 20.8. The second kappa shape index (κ2) is 7.58. The summed E-state index contributed by atoms with van der Waals surface area (Å²) in [5, 5.41) is 1.05. The van der Waals surface area contributed by atoms with Crippen molar-refractivity contribution in [2.24, 2.45) is 0 Å². The number of amides is 1. The molecule has 5 nitrogen and oxygen atoms in total. The van der Waals surface area contributed by atoms with Crippen LogP contribution in [0.25, 0.3) is 0 Å². The quantitative estimate of drug-likeness (QED) is 0.700. The SMILES string of the molecule is CC(c1ccc(Cl)cc1Cl)N(C)C(=O)c1ccc2c(c1)CC(C)N2S(C)(=O)=O. The standard InChI is InChI=1S/C20H22Cl2N2O3S/c1-12-9-15-10-14(5-8-19(15)24(12)28(4,26)27)20(25)23(3)13(2)17-7-6-16(21)11-18(17)22/h5-8,10-13H,9H2,1-4H3. The van der Waals surface area contributed by atoms with Crippen LogP contribution >= 0.6 is 23.2 Å². The summed E-state index contributed by atoms with van der Waals surface area (Å²) < 4.78 is 25.5. The van der Waals surface area contributed by atoms with Gasteiger partial charge in [-0.1, -0.05) is 29.3 Å². The topological polar surface area (TPSA) is 57.7 Å². The number of carbonyl (C=O) groups is 1. The molecule has 0 bridgehead atoms. The molecule has 2 atom stereocenters. The van der Waals surface area contributed by atoms with E-state index in [2.05, 4.69) is 0 Å². The van der Waals surface area contributed by atoms with Crippen LogP contribution in [0.4, 0.5) is 5.69 Å². The number of hydrogen-bond donors (Lipinski definition) is 0. The van der Waals surface area contributed by atoms with Gasteiger partial charge in [-0.2, -0.15) is 0 Å². The molecule has 3 rings (SSSR count). The summed E-state index contributed by atoms with van der Waals surface area (Å²) in [4.78, 5) is 14.6. The lowest BCUT2D eigenvalue weighted by atomic mass is 10.0. The molecule has 1 aliphatic rings. The smallest absolute Gasteiger partial charge is 0.254 e. The first-order valence-electron chi connectivity index (χ1n) is 8.85. The zero-order valence-electron chi connectivity index (χ0n) is 16.1. The molecular formula is C20H22Cl2N2O3S. The maximum Gasteiger partial charge on any atom is 0.254 e. The van der Waals surface area contributed by atoms with Gasteiger partial charge in [0.25, 0.3) is 5.91 Å². The molecule has 0 aromatic heterocycles. The molecule has 8 heteroatoms. The highest BCUT2D eigenvalue weighted by molar-refractivity contribution is 7.92. The summed E-state index contributed by atoms with van der Waals surface area (Å²) in [6, 6.07) is 9.96. The fourth-order valence-electron chi connectivity index (χ4n) is 3.67. The molecule has 1 aliphatic heterocycles. The van der Waals surface area contributed by atoms with E-state index in [0.29, 0.717) is 27.7 Å². The molecule has 2 unspecified atom stereocenters. The number of fused-ring (bicyclic) bond motifs is 1. The molecule has 0 N–H and O–H groups in total. The molecule has 0 saturated carbocycles. The number of benzene rings is 2. The lowest BCUT2D eigenvalue weighted by Gasteiger charge is -2.26. The number of carbonyl (C=O) groups excluding carboxylic acids is 1. The summed E-state index contributed by atoms with van der Waals surface area (Å²) in [6.07, 6.45) is 1.77. The van der Waals surface area contributed by atoms with Crippen molar-refractivity contribution in [2.75, 3.05) is 17.6 Å². The number of anilines is 1. The van der Waals surface area contributed by atoms with Gasteiger partial charge in [-0.15, -0.1) is 0 Å². The van der Waals surface area contributed by atoms with Crippen LogP contribution in [0.2, 0.25) is 10.0 Å². The van der Waals surface area contributed by atoms with Crippen LogP contribution in [-0.4, -0.2) is 38.6 Å². The van der Waals surface area contributed by atoms with Crippen molar-refractivity contribution in [3.05, 3.63) is 63.1 Å². The lowest BCUT2D eigenvalue weighted by Crippen LogP contribution is -2.34. The normalized spacial score (nSPS) is 17.4. The van der Waals surface area contributed by atoms with Crippen molar-refractivity contribution in [3.63, 3.8) is 0 Å². The van der Waals surface area contributed by atoms with Gasteiger partial charge >= 0.3 is 0 Å². The maximum atomic E-state index is 13.0. The van der Waals surface area contributed by atoms with Crippen molar-refractivity contribution in [1.29, 1.82) is 0 Å². The molecular weight excluding hydrogens is 419 g/mol. The Bertz CT molecular complexity index is 1040. The molecule has 0 radical (unpaired) electrons. The van der Waals surface area contributed by atoms with Gasteiger partial charge in [0.05, 0.1) is 18.0 Å². The van der Waals surface area contributed by atoms with Crippen molar-refractivity contribution < 1.29 is 13.2 Å². The second-order valence-corrected chi connectivity index (χ2v) is 9.92. The summed E-state index contributed by atoms with van der Waals surface area (Å²) in [6.45, 7) is 3.76. The average Bonchev–Trinajstić information content (AvgIpc) is 2.94. The minimum atomic E-state index is -3.36. The Morgan fingerprint density at radius 1 is 1.21 bits per heavy atom. The van der Waals surface area contributed by atoms with Crippen LogP contribution in [0.1, 0.15) is 41.4 Å². The Morgan fingerprint density at radius 2 is 1.89 bits per heavy atom. The highest BCUT2D eigenvalue weighted by Crippen LogP contribution is 2.35. The zero-order valence-corrected chi connectivity index (χ0v) is 18.4. The highest BCUT2D eigenvalue weighted by atomic mass is 35.5. The number of rotatable bonds is 4. The van der Waals surface area contributed by atoms with Gasteiger partial charge in [-0.25, -0.2) is 8.42 Å². The third-order valence-corrected chi connectivity index (χ3v) is 6.98. The predicted octanol–water partition coefficient (Wildman–Crippen LogP) is 4.54. The van der Waals surface area contributed by atoms with Gasteiger partial charge in [0.15, 0.2) is 0 Å². The van der Waals surface area contributed by atoms with Crippen molar-refractivity contribution in [3.8, 4) is 0 Å². The van der Waals surface area contributed by atoms with Gasteiger partial charge in [0, 0.05) is 28.7 Å². The third-order valence-electron chi connectivity index (χ3n) is 5.15. The highest BCUT2D eigenvalue weighted by Gasteiger charge is 2.33. The number of hydrogen-bond acceptors (Lipinski definition) is 3. The third kappa shape index (κ3) is 3.86. The van der Waals surface area contributed by atoms with Crippen LogP contribution in [0.5, 0.6) is 0 Å². The Balaban J connectivity index is 1.88. The van der Waals surface area contributed by atoms with Crippen molar-refractivity contribution in [2.45, 2.75) is 32.4 Å². The molecule has 0 aliphatic carbocycles. The monoisotopic (exact) mass is 440 g/mol. The summed E-state index contributed by atoms with van der Waals surface area (Å²) in [5.74, 6) is -0.160. The fourth-order valence-corrected chi connectivity index (χ4v) is 5.50. The van der Waals surface area contributed by atoms with Gasteiger partial charge in [0.1, 0.15) is 0 Å². The second-order valence-electron chi connectivity index (χ2n) is 7.21. The maximum absolute atomic E-state index is 13.0. The van der Waals surface area contributed by atoms with Gasteiger partial charge in [-0.05, 0) is 61.7 Å². The molecule has 1 amide bonds. The van der Waals surface area contributed by atoms with Crippen LogP contribution < -0.4 is 4.31 Å². The van der Waals surface area contributed by atoms with E-state index in [-0.39, 0.29) is 18.0 Å². The Morgan fingerprint density at radius 3 is 2.50 bits per heavy atom. The molecule has 1 heterocycles. The lowest BCUT2D eigenvalue weighted by molar-refractivity contribution is 0.0742. The van der Waals surface area contributed by atoms with Crippen molar-refractivity contribution >= 4 is 44.8 Å². The molecule has 2 aromatic rings. The van der Waals surface area contributed by atoms with E-state index in [1.54, 1.807) is 42.3 Å². The summed E-state index contributed by atoms with van der Waals surface area (Å²) in [5.41, 5.74) is 2.82. The van der Waals surface area contributed by atoms with E-state index in [0.717, 1.165) is 11.1 Å². The molecule has 0 spiro atoms. The minimum Gasteiger partial charge on any atom is -0.335 e. The first-order valence-corrected chi connectivity index (χ1v) is 11.5. The van der Waals surface area contributed by atoms with E-state index >= 15 is 0 Å². The molecule has 2 aromatic carbocycles. The minimum absolute atomic E-state index is 0.160. The van der Waals surface area contributed by atoms with Gasteiger partial charge in [0.2, 0.25) is 10.0 Å². The van der Waals surface area contributed by atoms with Crippen LogP contribution in [0.3, 0.4) is 0 Å². The van der Waals surface area contributed by atoms with E-state index in [1.807, 2.05) is 19.9 Å². The van der Waals surface area contributed by atoms with Crippen LogP contribution in [-0.2, 0) is 16.4 Å². The summed E-state index contributed by atoms with van der Waals surface area (Å²) in [7, 11) is -1.64. The number of sulfonamides is 1. The largest absolute Gasteiger partial charge is 0.335 e. The number of halogens is 2. The van der Waals surface area contributed by atoms with E-state index < -0.39 is 10.0 Å². The fraction of sp³-hybridized carbons (Fsp3) is 0.350. The van der Waals surface area contributed by atoms with E-state index in [9.17, 15) is 13.2 Å². The summed E-state index contributed by atoms with van der Waals surface area (Å²) >= 11 is 12.2. The van der Waals surface area contributed by atoms with Crippen LogP contribution in [0, 0.1) is 0 Å². The predicted molar refractivity (Wildman–Crippen MR) is 114 cm³/mol.